The standard InChI is InChI=1S/C18H19FN6O/c19-15-5-1-3-13(9-15)10-25-12-17(22-23-25)18(26)24-8-2-4-14(11-24)16-6-7-20-21-16/h1,3,5-7,9,12,14H,2,4,8,10-11H2,(H,20,21). The van der Waals surface area contributed by atoms with Gasteiger partial charge in [-0.15, -0.1) is 5.10 Å². The Morgan fingerprint density at radius 2 is 2.27 bits per heavy atom. The fourth-order valence-corrected chi connectivity index (χ4v) is 3.37. The minimum atomic E-state index is -0.294. The first-order chi connectivity index (χ1) is 12.7. The number of carbonyl (C=O) groups is 1. The van der Waals surface area contributed by atoms with Crippen LogP contribution in [0.1, 0.15) is 40.5 Å². The molecular weight excluding hydrogens is 335 g/mol. The zero-order valence-corrected chi connectivity index (χ0v) is 14.2. The predicted octanol–water partition coefficient (Wildman–Crippen LogP) is 2.21. The lowest BCUT2D eigenvalue weighted by atomic mass is 9.95. The van der Waals surface area contributed by atoms with Gasteiger partial charge in [-0.25, -0.2) is 9.07 Å². The van der Waals surface area contributed by atoms with E-state index in [0.717, 1.165) is 24.1 Å². The predicted molar refractivity (Wildman–Crippen MR) is 92.0 cm³/mol. The van der Waals surface area contributed by atoms with Gasteiger partial charge in [-0.2, -0.15) is 5.10 Å². The number of hydrogen-bond acceptors (Lipinski definition) is 4. The van der Waals surface area contributed by atoms with E-state index in [0.29, 0.717) is 25.3 Å². The Hall–Kier alpha value is -3.03. The highest BCUT2D eigenvalue weighted by atomic mass is 19.1. The average Bonchev–Trinajstić information content (AvgIpc) is 3.33. The lowest BCUT2D eigenvalue weighted by Gasteiger charge is -2.31. The fraction of sp³-hybridized carbons (Fsp3) is 0.333. The first-order valence-corrected chi connectivity index (χ1v) is 8.62. The maximum absolute atomic E-state index is 13.3. The molecule has 1 fully saturated rings. The van der Waals surface area contributed by atoms with Gasteiger partial charge in [-0.1, -0.05) is 17.3 Å². The normalized spacial score (nSPS) is 17.4. The maximum Gasteiger partial charge on any atom is 0.276 e. The van der Waals surface area contributed by atoms with E-state index < -0.39 is 0 Å². The van der Waals surface area contributed by atoms with Crippen LogP contribution in [0.15, 0.2) is 42.7 Å². The average molecular weight is 354 g/mol. The molecule has 1 aliphatic heterocycles. The molecule has 1 aromatic carbocycles. The highest BCUT2D eigenvalue weighted by Crippen LogP contribution is 2.26. The third-order valence-corrected chi connectivity index (χ3v) is 4.66. The Morgan fingerprint density at radius 1 is 1.35 bits per heavy atom. The van der Waals surface area contributed by atoms with E-state index in [2.05, 4.69) is 20.5 Å². The van der Waals surface area contributed by atoms with E-state index in [1.54, 1.807) is 23.1 Å². The molecule has 1 N–H and O–H groups in total. The Bertz CT molecular complexity index is 891. The number of amides is 1. The molecule has 134 valence electrons. The molecule has 1 atom stereocenters. The van der Waals surface area contributed by atoms with Crippen LogP contribution < -0.4 is 0 Å². The zero-order chi connectivity index (χ0) is 17.9. The lowest BCUT2D eigenvalue weighted by Crippen LogP contribution is -2.39. The second-order valence-electron chi connectivity index (χ2n) is 6.53. The van der Waals surface area contributed by atoms with E-state index in [-0.39, 0.29) is 17.6 Å². The molecule has 8 heteroatoms. The monoisotopic (exact) mass is 354 g/mol. The summed E-state index contributed by atoms with van der Waals surface area (Å²) in [5, 5.41) is 15.0. The quantitative estimate of drug-likeness (QED) is 0.779. The van der Waals surface area contributed by atoms with Gasteiger partial charge >= 0.3 is 0 Å². The minimum Gasteiger partial charge on any atom is -0.337 e. The molecule has 0 aliphatic carbocycles. The summed E-state index contributed by atoms with van der Waals surface area (Å²) in [6.45, 7) is 1.72. The van der Waals surface area contributed by atoms with Gasteiger partial charge in [0.25, 0.3) is 5.91 Å². The van der Waals surface area contributed by atoms with Gasteiger partial charge in [-0.05, 0) is 36.6 Å². The van der Waals surface area contributed by atoms with Gasteiger partial charge in [-0.3, -0.25) is 9.89 Å². The molecule has 2 aromatic heterocycles. The number of H-pyrrole nitrogens is 1. The van der Waals surface area contributed by atoms with E-state index in [4.69, 9.17) is 0 Å². The van der Waals surface area contributed by atoms with Crippen LogP contribution in [0, 0.1) is 5.82 Å². The molecule has 3 heterocycles. The Morgan fingerprint density at radius 3 is 3.08 bits per heavy atom. The molecule has 1 amide bonds. The summed E-state index contributed by atoms with van der Waals surface area (Å²) in [7, 11) is 0. The van der Waals surface area contributed by atoms with Crippen molar-refractivity contribution < 1.29 is 9.18 Å². The van der Waals surface area contributed by atoms with Crippen molar-refractivity contribution >= 4 is 5.91 Å². The van der Waals surface area contributed by atoms with E-state index >= 15 is 0 Å². The summed E-state index contributed by atoms with van der Waals surface area (Å²) in [5.74, 6) is -0.158. The van der Waals surface area contributed by atoms with Gasteiger partial charge in [0.1, 0.15) is 5.82 Å². The Labute approximate surface area is 149 Å². The van der Waals surface area contributed by atoms with Crippen molar-refractivity contribution in [1.29, 1.82) is 0 Å². The van der Waals surface area contributed by atoms with Gasteiger partial charge in [0.15, 0.2) is 5.69 Å². The molecule has 0 radical (unpaired) electrons. The molecule has 7 nitrogen and oxygen atoms in total. The molecular formula is C18H19FN6O. The van der Waals surface area contributed by atoms with Crippen molar-refractivity contribution in [2.75, 3.05) is 13.1 Å². The molecule has 0 spiro atoms. The summed E-state index contributed by atoms with van der Waals surface area (Å²) < 4.78 is 14.8. The summed E-state index contributed by atoms with van der Waals surface area (Å²) >= 11 is 0. The van der Waals surface area contributed by atoms with Gasteiger partial charge < -0.3 is 4.90 Å². The number of carbonyl (C=O) groups excluding carboxylic acids is 1. The number of rotatable bonds is 4. The Kier molecular flexibility index (Phi) is 4.47. The van der Waals surface area contributed by atoms with Crippen LogP contribution in [0.2, 0.25) is 0 Å². The van der Waals surface area contributed by atoms with E-state index in [9.17, 15) is 9.18 Å². The van der Waals surface area contributed by atoms with Crippen LogP contribution in [0.3, 0.4) is 0 Å². The van der Waals surface area contributed by atoms with Gasteiger partial charge in [0.05, 0.1) is 12.7 Å². The van der Waals surface area contributed by atoms with E-state index in [1.165, 1.54) is 12.1 Å². The van der Waals surface area contributed by atoms with Crippen molar-refractivity contribution in [2.45, 2.75) is 25.3 Å². The topological polar surface area (TPSA) is 79.7 Å². The highest BCUT2D eigenvalue weighted by molar-refractivity contribution is 5.92. The molecule has 4 rings (SSSR count). The second kappa shape index (κ2) is 7.07. The second-order valence-corrected chi connectivity index (χ2v) is 6.53. The zero-order valence-electron chi connectivity index (χ0n) is 14.2. The van der Waals surface area contributed by atoms with Crippen LogP contribution in [0.5, 0.6) is 0 Å². The van der Waals surface area contributed by atoms with E-state index in [1.807, 2.05) is 17.0 Å². The highest BCUT2D eigenvalue weighted by Gasteiger charge is 2.27. The first kappa shape index (κ1) is 16.4. The number of piperidine rings is 1. The third kappa shape index (κ3) is 3.49. The number of likely N-dealkylation sites (tertiary alicyclic amines) is 1. The van der Waals surface area contributed by atoms with Crippen LogP contribution in [-0.4, -0.2) is 49.1 Å². The number of halogens is 1. The largest absolute Gasteiger partial charge is 0.337 e. The number of aromatic nitrogens is 5. The number of benzene rings is 1. The fourth-order valence-electron chi connectivity index (χ4n) is 3.37. The van der Waals surface area contributed by atoms with Crippen molar-refractivity contribution in [2.24, 2.45) is 0 Å². The number of hydrogen-bond donors (Lipinski definition) is 1. The number of nitrogens with zero attached hydrogens (tertiary/aromatic N) is 5. The third-order valence-electron chi connectivity index (χ3n) is 4.66. The molecule has 1 saturated heterocycles. The maximum atomic E-state index is 13.3. The SMILES string of the molecule is O=C(c1cn(Cc2cccc(F)c2)nn1)N1CCCC(c2ccn[nH]2)C1. The molecule has 1 aliphatic rings. The summed E-state index contributed by atoms with van der Waals surface area (Å²) in [5.41, 5.74) is 2.13. The molecule has 1 unspecified atom stereocenters. The minimum absolute atomic E-state index is 0.125. The smallest absolute Gasteiger partial charge is 0.276 e. The number of nitrogens with one attached hydrogen (secondary N) is 1. The van der Waals surface area contributed by atoms with Gasteiger partial charge in [0, 0.05) is 30.9 Å². The van der Waals surface area contributed by atoms with Crippen molar-refractivity contribution in [3.8, 4) is 0 Å². The molecule has 0 bridgehead atoms. The van der Waals surface area contributed by atoms with Crippen LogP contribution in [0.25, 0.3) is 0 Å². The molecule has 0 saturated carbocycles. The van der Waals surface area contributed by atoms with Crippen molar-refractivity contribution in [3.63, 3.8) is 0 Å². The summed E-state index contributed by atoms with van der Waals surface area (Å²) in [4.78, 5) is 14.6. The van der Waals surface area contributed by atoms with Crippen LogP contribution in [-0.2, 0) is 6.54 Å². The van der Waals surface area contributed by atoms with Gasteiger partial charge in [0.2, 0.25) is 0 Å². The first-order valence-electron chi connectivity index (χ1n) is 8.62. The van der Waals surface area contributed by atoms with Crippen LogP contribution in [0.4, 0.5) is 4.39 Å². The molecule has 3 aromatic rings. The van der Waals surface area contributed by atoms with Crippen molar-refractivity contribution in [1.82, 2.24) is 30.1 Å². The van der Waals surface area contributed by atoms with Crippen molar-refractivity contribution in [3.05, 3.63) is 65.5 Å². The van der Waals surface area contributed by atoms with Crippen LogP contribution >= 0.6 is 0 Å². The lowest BCUT2D eigenvalue weighted by molar-refractivity contribution is 0.0699. The summed E-state index contributed by atoms with van der Waals surface area (Å²) in [6, 6.07) is 8.26. The Balaban J connectivity index is 1.44. The molecule has 26 heavy (non-hydrogen) atoms. The number of aromatic amines is 1. The summed E-state index contributed by atoms with van der Waals surface area (Å²) in [6.07, 6.45) is 5.31.